The zero-order chi connectivity index (χ0) is 14.9. The summed E-state index contributed by atoms with van der Waals surface area (Å²) in [5, 5.41) is 11.2. The van der Waals surface area contributed by atoms with Crippen molar-refractivity contribution in [3.8, 4) is 6.07 Å². The highest BCUT2D eigenvalue weighted by Gasteiger charge is 2.42. The molecule has 1 aromatic heterocycles. The third-order valence-electron chi connectivity index (χ3n) is 3.97. The predicted octanol–water partition coefficient (Wildman–Crippen LogP) is 3.35. The van der Waals surface area contributed by atoms with Gasteiger partial charge in [-0.1, -0.05) is 12.1 Å². The van der Waals surface area contributed by atoms with Gasteiger partial charge in [0.1, 0.15) is 5.60 Å². The highest BCUT2D eigenvalue weighted by Crippen LogP contribution is 2.46. The van der Waals surface area contributed by atoms with E-state index in [4.69, 9.17) is 10.00 Å². The first-order chi connectivity index (χ1) is 10.2. The van der Waals surface area contributed by atoms with Gasteiger partial charge in [-0.2, -0.15) is 5.26 Å². The molecule has 0 spiro atoms. The Morgan fingerprint density at radius 3 is 2.90 bits per heavy atom. The zero-order valence-corrected chi connectivity index (χ0v) is 13.1. The second-order valence-corrected chi connectivity index (χ2v) is 6.58. The lowest BCUT2D eigenvalue weighted by molar-refractivity contribution is -0.0129. The van der Waals surface area contributed by atoms with E-state index in [2.05, 4.69) is 48.6 Å². The average Bonchev–Trinajstić information content (AvgIpc) is 3.13. The van der Waals surface area contributed by atoms with E-state index in [1.165, 1.54) is 10.4 Å². The van der Waals surface area contributed by atoms with Crippen molar-refractivity contribution < 1.29 is 4.74 Å². The Bertz CT molecular complexity index is 673. The van der Waals surface area contributed by atoms with Gasteiger partial charge in [-0.25, -0.2) is 0 Å². The van der Waals surface area contributed by atoms with Gasteiger partial charge in [-0.05, 0) is 55.2 Å². The minimum absolute atomic E-state index is 0.359. The zero-order valence-electron chi connectivity index (χ0n) is 12.3. The van der Waals surface area contributed by atoms with Crippen molar-refractivity contribution in [2.24, 2.45) is 0 Å². The lowest BCUT2D eigenvalue weighted by atomic mass is 9.87. The number of hydrogen-bond donors (Lipinski definition) is 0. The standard InChI is InChI=1S/C17H18N2OS/c1-19(2)8-7-17(16-4-3-9-21-16)15-6-5-13(11-18)10-14(15)12-20-17/h3-6,9-10H,7-8,12H2,1-2H3. The van der Waals surface area contributed by atoms with Gasteiger partial charge in [0.2, 0.25) is 0 Å². The molecular formula is C17H18N2OS. The van der Waals surface area contributed by atoms with E-state index in [0.717, 1.165) is 18.5 Å². The van der Waals surface area contributed by atoms with Crippen molar-refractivity contribution in [3.63, 3.8) is 0 Å². The van der Waals surface area contributed by atoms with Crippen molar-refractivity contribution in [3.05, 3.63) is 57.3 Å². The van der Waals surface area contributed by atoms with Crippen LogP contribution in [0.3, 0.4) is 0 Å². The van der Waals surface area contributed by atoms with Crippen LogP contribution in [0.25, 0.3) is 0 Å². The van der Waals surface area contributed by atoms with Crippen molar-refractivity contribution in [2.45, 2.75) is 18.6 Å². The number of nitrogens with zero attached hydrogens (tertiary/aromatic N) is 2. The number of thiophene rings is 1. The maximum Gasteiger partial charge on any atom is 0.129 e. The normalized spacial score (nSPS) is 20.5. The Morgan fingerprint density at radius 2 is 2.24 bits per heavy atom. The van der Waals surface area contributed by atoms with Crippen molar-refractivity contribution in [2.75, 3.05) is 20.6 Å². The Balaban J connectivity index is 2.06. The first-order valence-electron chi connectivity index (χ1n) is 7.02. The summed E-state index contributed by atoms with van der Waals surface area (Å²) < 4.78 is 6.28. The third kappa shape index (κ3) is 2.49. The SMILES string of the molecule is CN(C)CCC1(c2cccs2)OCc2cc(C#N)ccc21. The van der Waals surface area contributed by atoms with E-state index in [1.54, 1.807) is 11.3 Å². The van der Waals surface area contributed by atoms with Crippen LogP contribution in [0, 0.1) is 11.3 Å². The predicted molar refractivity (Wildman–Crippen MR) is 84.2 cm³/mol. The molecular weight excluding hydrogens is 280 g/mol. The lowest BCUT2D eigenvalue weighted by Crippen LogP contribution is -2.30. The average molecular weight is 298 g/mol. The van der Waals surface area contributed by atoms with Gasteiger partial charge in [0.25, 0.3) is 0 Å². The molecule has 3 nitrogen and oxygen atoms in total. The van der Waals surface area contributed by atoms with Gasteiger partial charge in [-0.3, -0.25) is 0 Å². The van der Waals surface area contributed by atoms with Crippen LogP contribution < -0.4 is 0 Å². The van der Waals surface area contributed by atoms with Crippen LogP contribution in [0.1, 0.15) is 28.0 Å². The van der Waals surface area contributed by atoms with Gasteiger partial charge in [0, 0.05) is 11.4 Å². The van der Waals surface area contributed by atoms with E-state index in [-0.39, 0.29) is 5.60 Å². The molecule has 1 aliphatic rings. The molecule has 21 heavy (non-hydrogen) atoms. The summed E-state index contributed by atoms with van der Waals surface area (Å²) in [5.74, 6) is 0. The van der Waals surface area contributed by atoms with Gasteiger partial charge in [0.15, 0.2) is 0 Å². The summed E-state index contributed by atoms with van der Waals surface area (Å²) in [7, 11) is 4.16. The van der Waals surface area contributed by atoms with Crippen LogP contribution in [0.2, 0.25) is 0 Å². The molecule has 1 aliphatic heterocycles. The summed E-state index contributed by atoms with van der Waals surface area (Å²) in [6, 6.07) is 12.3. The summed E-state index contributed by atoms with van der Waals surface area (Å²) in [4.78, 5) is 3.42. The Labute approximate surface area is 129 Å². The van der Waals surface area contributed by atoms with Crippen molar-refractivity contribution in [1.29, 1.82) is 5.26 Å². The summed E-state index contributed by atoms with van der Waals surface area (Å²) in [6.07, 6.45) is 0.916. The highest BCUT2D eigenvalue weighted by molar-refractivity contribution is 7.10. The van der Waals surface area contributed by atoms with Gasteiger partial charge in [-0.15, -0.1) is 11.3 Å². The fourth-order valence-electron chi connectivity index (χ4n) is 2.88. The fourth-order valence-corrected chi connectivity index (χ4v) is 3.80. The highest BCUT2D eigenvalue weighted by atomic mass is 32.1. The molecule has 4 heteroatoms. The maximum absolute atomic E-state index is 9.06. The fraction of sp³-hybridized carbons (Fsp3) is 0.353. The van der Waals surface area contributed by atoms with Crippen LogP contribution >= 0.6 is 11.3 Å². The lowest BCUT2D eigenvalue weighted by Gasteiger charge is -2.30. The van der Waals surface area contributed by atoms with Crippen LogP contribution in [-0.4, -0.2) is 25.5 Å². The Kier molecular flexibility index (Phi) is 3.81. The number of benzene rings is 1. The number of fused-ring (bicyclic) bond motifs is 1. The Morgan fingerprint density at radius 1 is 1.38 bits per heavy atom. The molecule has 0 bridgehead atoms. The summed E-state index contributed by atoms with van der Waals surface area (Å²) >= 11 is 1.74. The molecule has 1 atom stereocenters. The summed E-state index contributed by atoms with van der Waals surface area (Å²) in [6.45, 7) is 1.54. The smallest absolute Gasteiger partial charge is 0.129 e. The maximum atomic E-state index is 9.06. The second kappa shape index (κ2) is 5.61. The quantitative estimate of drug-likeness (QED) is 0.868. The third-order valence-corrected chi connectivity index (χ3v) is 4.99. The van der Waals surface area contributed by atoms with Gasteiger partial charge in [0.05, 0.1) is 18.2 Å². The monoisotopic (exact) mass is 298 g/mol. The minimum atomic E-state index is -0.359. The summed E-state index contributed by atoms with van der Waals surface area (Å²) in [5.41, 5.74) is 2.70. The van der Waals surface area contributed by atoms with Crippen LogP contribution in [0.5, 0.6) is 0 Å². The van der Waals surface area contributed by atoms with E-state index >= 15 is 0 Å². The first-order valence-corrected chi connectivity index (χ1v) is 7.90. The van der Waals surface area contributed by atoms with Crippen LogP contribution in [0.15, 0.2) is 35.7 Å². The molecule has 3 rings (SSSR count). The first kappa shape index (κ1) is 14.3. The molecule has 0 saturated heterocycles. The van der Waals surface area contributed by atoms with Gasteiger partial charge < -0.3 is 9.64 Å². The number of ether oxygens (including phenoxy) is 1. The molecule has 0 radical (unpaired) electrons. The minimum Gasteiger partial charge on any atom is -0.360 e. The molecule has 0 amide bonds. The second-order valence-electron chi connectivity index (χ2n) is 5.63. The van der Waals surface area contributed by atoms with Crippen molar-refractivity contribution in [1.82, 2.24) is 4.90 Å². The molecule has 2 aromatic rings. The largest absolute Gasteiger partial charge is 0.360 e. The van der Waals surface area contributed by atoms with Gasteiger partial charge >= 0.3 is 0 Å². The molecule has 2 heterocycles. The molecule has 0 fully saturated rings. The number of nitriles is 1. The molecule has 1 aromatic carbocycles. The molecule has 0 N–H and O–H groups in total. The van der Waals surface area contributed by atoms with Crippen molar-refractivity contribution >= 4 is 11.3 Å². The van der Waals surface area contributed by atoms with E-state index in [9.17, 15) is 0 Å². The van der Waals surface area contributed by atoms with Crippen LogP contribution in [0.4, 0.5) is 0 Å². The number of rotatable bonds is 4. The molecule has 0 saturated carbocycles. The topological polar surface area (TPSA) is 36.3 Å². The Hall–Kier alpha value is -1.67. The van der Waals surface area contributed by atoms with E-state index in [0.29, 0.717) is 12.2 Å². The van der Waals surface area contributed by atoms with Crippen LogP contribution in [-0.2, 0) is 16.9 Å². The van der Waals surface area contributed by atoms with E-state index in [1.807, 2.05) is 12.1 Å². The van der Waals surface area contributed by atoms with E-state index < -0.39 is 0 Å². The molecule has 108 valence electrons. The molecule has 1 unspecified atom stereocenters. The molecule has 0 aliphatic carbocycles. The number of hydrogen-bond acceptors (Lipinski definition) is 4.